The number of aromatic hydroxyl groups is 1. The van der Waals surface area contributed by atoms with E-state index >= 15 is 0 Å². The number of nitrogens with one attached hydrogen (secondary N) is 2. The van der Waals surface area contributed by atoms with Crippen molar-refractivity contribution in [2.24, 2.45) is 5.73 Å². The van der Waals surface area contributed by atoms with Crippen LogP contribution in [-0.2, 0) is 0 Å². The number of nitrogens with zero attached hydrogens (tertiary/aromatic N) is 4. The number of amidine groups is 1. The van der Waals surface area contributed by atoms with Crippen LogP contribution in [0.1, 0.15) is 67.7 Å². The van der Waals surface area contributed by atoms with E-state index in [0.29, 0.717) is 45.0 Å². The highest BCUT2D eigenvalue weighted by Crippen LogP contribution is 3.41. The lowest BCUT2D eigenvalue weighted by Crippen LogP contribution is -2.10. The van der Waals surface area contributed by atoms with Gasteiger partial charge in [-0.2, -0.15) is 0 Å². The van der Waals surface area contributed by atoms with Crippen molar-refractivity contribution in [1.29, 1.82) is 5.41 Å². The molecule has 78 heavy (non-hydrogen) atoms. The molecule has 2 heterocycles. The molecule has 6 rings (SSSR count). The molecule has 0 radical (unpaired) electrons. The predicted octanol–water partition coefficient (Wildman–Crippen LogP) is 28.8. The van der Waals surface area contributed by atoms with Gasteiger partial charge in [0, 0.05) is 28.7 Å². The topological polar surface area (TPSA) is 143 Å². The Balaban J connectivity index is 0.000000336. The summed E-state index contributed by atoms with van der Waals surface area (Å²) in [5.41, 5.74) is 9.44. The summed E-state index contributed by atoms with van der Waals surface area (Å²) < 4.78 is 4.94. The zero-order chi connectivity index (χ0) is 57.9. The molecule has 9 nitrogen and oxygen atoms in total. The minimum atomic E-state index is -0.107. The Morgan fingerprint density at radius 2 is 0.962 bits per heavy atom. The van der Waals surface area contributed by atoms with Crippen LogP contribution in [0.2, 0.25) is 10.3 Å². The number of hydrogen-bond acceptors (Lipinski definition) is 8. The van der Waals surface area contributed by atoms with Gasteiger partial charge < -0.3 is 20.9 Å². The van der Waals surface area contributed by atoms with E-state index in [1.165, 1.54) is 7.11 Å². The van der Waals surface area contributed by atoms with Crippen LogP contribution in [0.15, 0.2) is 48.5 Å². The van der Waals surface area contributed by atoms with Crippen LogP contribution in [0, 0.1) is 12.3 Å². The third-order valence-corrected chi connectivity index (χ3v) is 259. The van der Waals surface area contributed by atoms with E-state index in [-0.39, 0.29) is 138 Å². The van der Waals surface area contributed by atoms with Crippen molar-refractivity contribution in [3.63, 3.8) is 0 Å². The summed E-state index contributed by atoms with van der Waals surface area (Å²) in [6.45, 7) is 1.11. The Kier molecular flexibility index (Phi) is 46.1. The third kappa shape index (κ3) is 26.7. The first-order valence-corrected chi connectivity index (χ1v) is 88.9. The van der Waals surface area contributed by atoms with Crippen molar-refractivity contribution in [2.75, 3.05) is 12.4 Å². The SMILES string of the molecule is C.COc1c(Cl)nc(C2CC2)nc1Cl.Cc1ccc(-c2nc(C3CC3)nc(Nc3ccc(C(=N)N)cc3)c2O)cc1.PPP(P(P)P)P(P(P(P)P)P(P)P)P(P(P(P)P)P(P)P)P(P(P(P)P)P(P)P)P(P(P)P)P(P)P. The maximum absolute atomic E-state index is 10.8. The second-order valence-electron chi connectivity index (χ2n) is 15.6. The number of halogens is 2. The van der Waals surface area contributed by atoms with Crippen molar-refractivity contribution in [3.05, 3.63) is 81.6 Å². The first-order chi connectivity index (χ1) is 36.1. The summed E-state index contributed by atoms with van der Waals surface area (Å²) in [5.74, 6) is 3.08. The summed E-state index contributed by atoms with van der Waals surface area (Å²) in [6.07, 6.45) is 4.40. The van der Waals surface area contributed by atoms with Gasteiger partial charge in [-0.05, 0) is 176 Å². The van der Waals surface area contributed by atoms with E-state index in [1.54, 1.807) is 24.3 Å². The molecule has 23 unspecified atom stereocenters. The zero-order valence-electron chi connectivity index (χ0n) is 41.2. The van der Waals surface area contributed by atoms with Gasteiger partial charge in [0.25, 0.3) is 0 Å². The summed E-state index contributed by atoms with van der Waals surface area (Å²) >= 11 is 11.7. The Labute approximate surface area is 540 Å². The van der Waals surface area contributed by atoms with Gasteiger partial charge >= 0.3 is 0 Å². The van der Waals surface area contributed by atoms with E-state index in [0.717, 1.165) is 62.1 Å². The van der Waals surface area contributed by atoms with Crippen LogP contribution in [0.25, 0.3) is 11.3 Å². The highest BCUT2D eigenvalue weighted by atomic mass is 35.5. The van der Waals surface area contributed by atoms with Crippen molar-refractivity contribution in [1.82, 2.24) is 19.9 Å². The predicted molar refractivity (Wildman–Crippen MR) is 474 cm³/mol. The van der Waals surface area contributed by atoms with Crippen LogP contribution in [-0.4, -0.2) is 38.0 Å². The summed E-state index contributed by atoms with van der Waals surface area (Å²) in [6, 6.07) is 15.0. The van der Waals surface area contributed by atoms with E-state index in [1.807, 2.05) is 31.2 Å². The van der Waals surface area contributed by atoms with Gasteiger partial charge in [-0.3, -0.25) is 5.41 Å². The Hall–Kier alpha value is 12.0. The first kappa shape index (κ1) is 84.2. The van der Waals surface area contributed by atoms with Crippen LogP contribution in [0.5, 0.6) is 11.5 Å². The van der Waals surface area contributed by atoms with Crippen LogP contribution < -0.4 is 15.8 Å². The smallest absolute Gasteiger partial charge is 0.193 e. The van der Waals surface area contributed by atoms with E-state index in [4.69, 9.17) is 39.1 Å². The standard InChI is InChI=1S/C21H21N5O.C8H8Cl2N2O.CH4.H39P37/c1-12-2-4-13(5-3-12)17-18(27)21(26-20(25-17)15-6-7-15)24-16-10-8-14(9-11-16)19(22)23;1-13-5-6(9)11-8(4-2-3-4)12-7(5)10;;1-20-30(21(2)3)35(31(22(4)5)23(6)7)37(34(28(16)17)29(18)19)36(32(24(8)9)25(10)11)33(26(12)13)27(14)15/h2-5,8-11,15,27H,6-7H2,1H3,(H3,22,23)(H,24,25,26);4H,2-3H2,1H3;1H4;20H,1-19H2. The molecule has 2 saturated carbocycles. The number of rotatable bonds is 24. The minimum Gasteiger partial charge on any atom is -0.503 e. The Bertz CT molecular complexity index is 2420. The minimum absolute atomic E-state index is 0. The molecule has 5 N–H and O–H groups in total. The number of ether oxygens (including phenoxy) is 1. The van der Waals surface area contributed by atoms with Crippen molar-refractivity contribution in [3.8, 4) is 22.8 Å². The highest BCUT2D eigenvalue weighted by molar-refractivity contribution is 9.47. The van der Waals surface area contributed by atoms with Crippen molar-refractivity contribution < 1.29 is 9.84 Å². The molecule has 438 valence electrons. The molecule has 0 saturated heterocycles. The number of anilines is 2. The largest absolute Gasteiger partial charge is 0.503 e. The second kappa shape index (κ2) is 42.7. The molecule has 4 aromatic rings. The molecular formula is C30H72Cl2N7O2P37. The lowest BCUT2D eigenvalue weighted by atomic mass is 10.1. The monoisotopic (exact) mass is 1780 g/mol. The molecule has 2 fully saturated rings. The molecule has 23 atom stereocenters. The summed E-state index contributed by atoms with van der Waals surface area (Å²) in [4.78, 5) is 17.4. The number of nitrogens with two attached hydrogens (primary N) is 1. The lowest BCUT2D eigenvalue weighted by molar-refractivity contribution is 0.410. The molecule has 2 aliphatic rings. The summed E-state index contributed by atoms with van der Waals surface area (Å²) in [7, 11) is 66.4. The fraction of sp³-hybridized carbons (Fsp3) is 0.300. The maximum Gasteiger partial charge on any atom is 0.193 e. The first-order valence-electron chi connectivity index (χ1n) is 21.3. The van der Waals surface area contributed by atoms with Crippen LogP contribution in [0.3, 0.4) is 0 Å². The highest BCUT2D eigenvalue weighted by Gasteiger charge is 2.54. The fourth-order valence-electron chi connectivity index (χ4n) is 6.05. The van der Waals surface area contributed by atoms with Crippen molar-refractivity contribution >= 4 is 337 Å². The Morgan fingerprint density at radius 3 is 1.29 bits per heavy atom. The Morgan fingerprint density at radius 1 is 0.590 bits per heavy atom. The molecule has 2 aromatic heterocycles. The number of hydrogen-bond donors (Lipinski definition) is 4. The second-order valence-corrected chi connectivity index (χ2v) is 165. The lowest BCUT2D eigenvalue weighted by Gasteiger charge is -2.55. The van der Waals surface area contributed by atoms with E-state index in [2.05, 4.69) is 195 Å². The number of aryl methyl sites for hydroxylation is 1. The van der Waals surface area contributed by atoms with Gasteiger partial charge in [0.15, 0.2) is 27.6 Å². The van der Waals surface area contributed by atoms with Crippen LogP contribution in [0.4, 0.5) is 11.5 Å². The van der Waals surface area contributed by atoms with Gasteiger partial charge in [-0.25, -0.2) is 19.9 Å². The normalized spacial score (nSPS) is 15.2. The average Bonchev–Trinajstić information content (AvgIpc) is 4.27. The number of benzene rings is 2. The maximum atomic E-state index is 10.8. The van der Waals surface area contributed by atoms with Gasteiger partial charge in [0.1, 0.15) is 23.2 Å². The molecule has 2 aromatic carbocycles. The molecule has 2 aliphatic carbocycles. The molecule has 0 aliphatic heterocycles. The fourth-order valence-corrected chi connectivity index (χ4v) is 510. The molecule has 0 amide bonds. The van der Waals surface area contributed by atoms with Gasteiger partial charge in [0.05, 0.1) is 7.11 Å². The zero-order valence-corrected chi connectivity index (χ0v) is 80.8. The van der Waals surface area contributed by atoms with Gasteiger partial charge in [0.2, 0.25) is 0 Å². The van der Waals surface area contributed by atoms with Gasteiger partial charge in [-0.1, -0.05) is 68.4 Å². The molecular weight excluding hydrogens is 1710 g/mol. The number of aromatic nitrogens is 4. The van der Waals surface area contributed by atoms with E-state index in [9.17, 15) is 5.11 Å². The quantitative estimate of drug-likeness (QED) is 0.0235. The number of nitrogen functional groups attached to an aromatic ring is 1. The van der Waals surface area contributed by atoms with E-state index < -0.39 is 0 Å². The average molecular weight is 1780 g/mol. The number of methoxy groups -OCH3 is 1. The third-order valence-electron chi connectivity index (χ3n) is 9.69. The summed E-state index contributed by atoms with van der Waals surface area (Å²) in [5, 5.41) is 22.0. The van der Waals surface area contributed by atoms with Crippen LogP contribution >= 0.6 is 320 Å². The van der Waals surface area contributed by atoms with Crippen molar-refractivity contribution in [2.45, 2.75) is 51.9 Å². The molecule has 48 heteroatoms. The molecule has 0 bridgehead atoms. The van der Waals surface area contributed by atoms with Gasteiger partial charge in [-0.15, -0.1) is 170 Å². The molecule has 0 spiro atoms.